The SMILES string of the molecule is Cc1ccc(-c2csc(NCC(CO)Cc3ccccc3[N+](=O)[O-])n2)cc1Cl. The van der Waals surface area contributed by atoms with Crippen molar-refractivity contribution in [2.75, 3.05) is 18.5 Å². The average molecular weight is 418 g/mol. The van der Waals surface area contributed by atoms with E-state index in [2.05, 4.69) is 10.3 Å². The smallest absolute Gasteiger partial charge is 0.272 e. The van der Waals surface area contributed by atoms with Crippen LogP contribution in [-0.4, -0.2) is 28.2 Å². The third-order valence-corrected chi connectivity index (χ3v) is 5.68. The number of aliphatic hydroxyl groups is 1. The van der Waals surface area contributed by atoms with E-state index in [1.807, 2.05) is 30.5 Å². The molecule has 28 heavy (non-hydrogen) atoms. The molecule has 0 aliphatic rings. The van der Waals surface area contributed by atoms with E-state index >= 15 is 0 Å². The third-order valence-electron chi connectivity index (χ3n) is 4.47. The second-order valence-electron chi connectivity index (χ2n) is 6.52. The molecule has 0 saturated carbocycles. The molecule has 0 spiro atoms. The Labute approximate surface area is 172 Å². The molecule has 0 aliphatic carbocycles. The second kappa shape index (κ2) is 9.14. The number of benzene rings is 2. The zero-order chi connectivity index (χ0) is 20.1. The van der Waals surface area contributed by atoms with E-state index in [-0.39, 0.29) is 18.2 Å². The van der Waals surface area contributed by atoms with Crippen LogP contribution in [0.2, 0.25) is 5.02 Å². The molecule has 6 nitrogen and oxygen atoms in total. The van der Waals surface area contributed by atoms with Gasteiger partial charge in [0.05, 0.1) is 10.6 Å². The first-order chi connectivity index (χ1) is 13.5. The molecule has 2 N–H and O–H groups in total. The Balaban J connectivity index is 1.65. The number of aliphatic hydroxyl groups excluding tert-OH is 1. The van der Waals surface area contributed by atoms with Crippen LogP contribution in [0, 0.1) is 23.0 Å². The topological polar surface area (TPSA) is 88.3 Å². The lowest BCUT2D eigenvalue weighted by molar-refractivity contribution is -0.385. The fourth-order valence-electron chi connectivity index (χ4n) is 2.85. The van der Waals surface area contributed by atoms with Gasteiger partial charge in [0.15, 0.2) is 5.13 Å². The number of anilines is 1. The molecule has 2 aromatic carbocycles. The molecule has 0 saturated heterocycles. The number of thiazole rings is 1. The summed E-state index contributed by atoms with van der Waals surface area (Å²) in [5.41, 5.74) is 3.48. The van der Waals surface area contributed by atoms with Crippen LogP contribution in [0.3, 0.4) is 0 Å². The molecule has 0 radical (unpaired) electrons. The quantitative estimate of drug-likeness (QED) is 0.400. The molecule has 1 heterocycles. The van der Waals surface area contributed by atoms with Crippen molar-refractivity contribution in [2.45, 2.75) is 13.3 Å². The summed E-state index contributed by atoms with van der Waals surface area (Å²) >= 11 is 7.65. The number of hydrogen-bond acceptors (Lipinski definition) is 6. The number of nitro benzene ring substituents is 1. The van der Waals surface area contributed by atoms with Crippen molar-refractivity contribution in [3.05, 3.63) is 74.1 Å². The zero-order valence-electron chi connectivity index (χ0n) is 15.3. The van der Waals surface area contributed by atoms with Crippen molar-refractivity contribution >= 4 is 33.8 Å². The van der Waals surface area contributed by atoms with Crippen molar-refractivity contribution in [1.82, 2.24) is 4.98 Å². The highest BCUT2D eigenvalue weighted by Crippen LogP contribution is 2.28. The van der Waals surface area contributed by atoms with E-state index in [1.54, 1.807) is 18.2 Å². The van der Waals surface area contributed by atoms with Gasteiger partial charge in [0.25, 0.3) is 5.69 Å². The van der Waals surface area contributed by atoms with Gasteiger partial charge < -0.3 is 10.4 Å². The molecule has 0 amide bonds. The van der Waals surface area contributed by atoms with Gasteiger partial charge in [-0.2, -0.15) is 0 Å². The first-order valence-corrected chi connectivity index (χ1v) is 10.0. The average Bonchev–Trinajstić information content (AvgIpc) is 3.16. The predicted octanol–water partition coefficient (Wildman–Crippen LogP) is 4.94. The number of aromatic nitrogens is 1. The van der Waals surface area contributed by atoms with Gasteiger partial charge in [0.1, 0.15) is 0 Å². The van der Waals surface area contributed by atoms with Gasteiger partial charge in [0.2, 0.25) is 0 Å². The Hall–Kier alpha value is -2.48. The Kier molecular flexibility index (Phi) is 6.61. The van der Waals surface area contributed by atoms with Crippen LogP contribution in [-0.2, 0) is 6.42 Å². The van der Waals surface area contributed by atoms with Crippen molar-refractivity contribution in [2.24, 2.45) is 5.92 Å². The molecule has 1 atom stereocenters. The minimum Gasteiger partial charge on any atom is -0.396 e. The van der Waals surface area contributed by atoms with E-state index < -0.39 is 4.92 Å². The lowest BCUT2D eigenvalue weighted by Crippen LogP contribution is -2.20. The van der Waals surface area contributed by atoms with E-state index in [9.17, 15) is 15.2 Å². The second-order valence-corrected chi connectivity index (χ2v) is 7.79. The maximum atomic E-state index is 11.2. The number of hydrogen-bond donors (Lipinski definition) is 2. The number of rotatable bonds is 8. The van der Waals surface area contributed by atoms with Gasteiger partial charge in [-0.15, -0.1) is 11.3 Å². The monoisotopic (exact) mass is 417 g/mol. The van der Waals surface area contributed by atoms with E-state index in [0.717, 1.165) is 22.0 Å². The normalized spacial score (nSPS) is 12.0. The summed E-state index contributed by atoms with van der Waals surface area (Å²) in [7, 11) is 0. The highest BCUT2D eigenvalue weighted by molar-refractivity contribution is 7.14. The van der Waals surface area contributed by atoms with E-state index in [0.29, 0.717) is 23.6 Å². The van der Waals surface area contributed by atoms with Crippen molar-refractivity contribution in [1.29, 1.82) is 0 Å². The summed E-state index contributed by atoms with van der Waals surface area (Å²) in [5.74, 6) is -0.165. The predicted molar refractivity (Wildman–Crippen MR) is 113 cm³/mol. The maximum Gasteiger partial charge on any atom is 0.272 e. The number of nitro groups is 1. The maximum absolute atomic E-state index is 11.2. The number of halogens is 1. The lowest BCUT2D eigenvalue weighted by Gasteiger charge is -2.14. The van der Waals surface area contributed by atoms with E-state index in [4.69, 9.17) is 11.6 Å². The molecule has 1 unspecified atom stereocenters. The molecule has 0 aliphatic heterocycles. The summed E-state index contributed by atoms with van der Waals surface area (Å²) in [6, 6.07) is 12.4. The van der Waals surface area contributed by atoms with Crippen LogP contribution in [0.5, 0.6) is 0 Å². The van der Waals surface area contributed by atoms with Gasteiger partial charge in [-0.1, -0.05) is 41.9 Å². The molecule has 146 valence electrons. The van der Waals surface area contributed by atoms with E-state index in [1.165, 1.54) is 17.4 Å². The fourth-order valence-corrected chi connectivity index (χ4v) is 3.76. The minimum atomic E-state index is -0.392. The molecule has 0 fully saturated rings. The molecular formula is C20H20ClN3O3S. The van der Waals surface area contributed by atoms with Crippen molar-refractivity contribution < 1.29 is 10.0 Å². The van der Waals surface area contributed by atoms with Gasteiger partial charge in [-0.3, -0.25) is 10.1 Å². The number of para-hydroxylation sites is 1. The first-order valence-electron chi connectivity index (χ1n) is 8.77. The van der Waals surface area contributed by atoms with Crippen LogP contribution in [0.15, 0.2) is 47.8 Å². The summed E-state index contributed by atoms with van der Waals surface area (Å²) in [5, 5.41) is 27.5. The lowest BCUT2D eigenvalue weighted by atomic mass is 9.99. The Bertz CT molecular complexity index is 977. The van der Waals surface area contributed by atoms with Gasteiger partial charge in [0, 0.05) is 46.7 Å². The van der Waals surface area contributed by atoms with Gasteiger partial charge >= 0.3 is 0 Å². The standard InChI is InChI=1S/C20H20ClN3O3S/c1-13-6-7-15(9-17(13)21)18-12-28-20(23-18)22-10-14(11-25)8-16-4-2-3-5-19(16)24(26)27/h2-7,9,12,14,25H,8,10-11H2,1H3,(H,22,23). The Morgan fingerprint density at radius 2 is 2.11 bits per heavy atom. The fraction of sp³-hybridized carbons (Fsp3) is 0.250. The van der Waals surface area contributed by atoms with Crippen molar-refractivity contribution in [3.8, 4) is 11.3 Å². The third kappa shape index (κ3) is 4.86. The van der Waals surface area contributed by atoms with Crippen LogP contribution < -0.4 is 5.32 Å². The van der Waals surface area contributed by atoms with Crippen molar-refractivity contribution in [3.63, 3.8) is 0 Å². The van der Waals surface area contributed by atoms with Gasteiger partial charge in [-0.25, -0.2) is 4.98 Å². The summed E-state index contributed by atoms with van der Waals surface area (Å²) < 4.78 is 0. The summed E-state index contributed by atoms with van der Waals surface area (Å²) in [6.07, 6.45) is 0.409. The molecule has 1 aromatic heterocycles. The molecular weight excluding hydrogens is 398 g/mol. The Morgan fingerprint density at radius 1 is 1.32 bits per heavy atom. The summed E-state index contributed by atoms with van der Waals surface area (Å²) in [6.45, 7) is 2.33. The zero-order valence-corrected chi connectivity index (χ0v) is 16.8. The molecule has 8 heteroatoms. The molecule has 0 bridgehead atoms. The first kappa shape index (κ1) is 20.3. The molecule has 3 rings (SSSR count). The largest absolute Gasteiger partial charge is 0.396 e. The Morgan fingerprint density at radius 3 is 2.82 bits per heavy atom. The summed E-state index contributed by atoms with van der Waals surface area (Å²) in [4.78, 5) is 15.3. The van der Waals surface area contributed by atoms with Crippen LogP contribution in [0.1, 0.15) is 11.1 Å². The number of nitrogens with one attached hydrogen (secondary N) is 1. The highest BCUT2D eigenvalue weighted by atomic mass is 35.5. The van der Waals surface area contributed by atoms with Gasteiger partial charge in [-0.05, 0) is 25.0 Å². The number of aryl methyl sites for hydroxylation is 1. The van der Waals surface area contributed by atoms with Crippen LogP contribution in [0.4, 0.5) is 10.8 Å². The highest BCUT2D eigenvalue weighted by Gasteiger charge is 2.17. The number of nitrogens with zero attached hydrogens (tertiary/aromatic N) is 2. The minimum absolute atomic E-state index is 0.0775. The van der Waals surface area contributed by atoms with Crippen LogP contribution in [0.25, 0.3) is 11.3 Å². The molecule has 3 aromatic rings. The van der Waals surface area contributed by atoms with Crippen LogP contribution >= 0.6 is 22.9 Å².